The Bertz CT molecular complexity index is 541. The average Bonchev–Trinajstić information content (AvgIpc) is 2.92. The maximum Gasteiger partial charge on any atom is 0.240 e. The van der Waals surface area contributed by atoms with Gasteiger partial charge in [-0.1, -0.05) is 36.3 Å². The standard InChI is InChI=1S/C15H21N3OS/c1-4-20-10-12(3)16-9-14-17-15(18-19-14)13-8-6-5-7-11(13)2/h5-8,12,16H,4,9-10H2,1-3H3/t12-/m1/s1. The number of nitrogens with zero attached hydrogens (tertiary/aromatic N) is 2. The quantitative estimate of drug-likeness (QED) is 0.848. The Kier molecular flexibility index (Phi) is 5.61. The molecule has 0 aliphatic carbocycles. The minimum Gasteiger partial charge on any atom is -0.338 e. The van der Waals surface area contributed by atoms with Gasteiger partial charge in [0.05, 0.1) is 6.54 Å². The van der Waals surface area contributed by atoms with Crippen LogP contribution in [-0.4, -0.2) is 27.7 Å². The van der Waals surface area contributed by atoms with Crippen molar-refractivity contribution in [1.82, 2.24) is 15.5 Å². The van der Waals surface area contributed by atoms with E-state index in [4.69, 9.17) is 4.52 Å². The maximum atomic E-state index is 5.30. The van der Waals surface area contributed by atoms with Gasteiger partial charge in [0, 0.05) is 17.4 Å². The first-order valence-corrected chi connectivity index (χ1v) is 8.06. The van der Waals surface area contributed by atoms with E-state index in [2.05, 4.69) is 29.3 Å². The third kappa shape index (κ3) is 4.08. The van der Waals surface area contributed by atoms with Gasteiger partial charge in [-0.25, -0.2) is 0 Å². The van der Waals surface area contributed by atoms with E-state index in [9.17, 15) is 0 Å². The first-order valence-electron chi connectivity index (χ1n) is 6.90. The average molecular weight is 291 g/mol. The molecule has 1 aromatic carbocycles. The van der Waals surface area contributed by atoms with Gasteiger partial charge < -0.3 is 9.84 Å². The van der Waals surface area contributed by atoms with Crippen LogP contribution in [0.3, 0.4) is 0 Å². The molecule has 1 aromatic heterocycles. The fraction of sp³-hybridized carbons (Fsp3) is 0.467. The van der Waals surface area contributed by atoms with Crippen molar-refractivity contribution in [1.29, 1.82) is 0 Å². The summed E-state index contributed by atoms with van der Waals surface area (Å²) in [4.78, 5) is 4.45. The fourth-order valence-corrected chi connectivity index (χ4v) is 2.58. The fourth-order valence-electron chi connectivity index (χ4n) is 1.87. The summed E-state index contributed by atoms with van der Waals surface area (Å²) in [6, 6.07) is 8.49. The summed E-state index contributed by atoms with van der Waals surface area (Å²) in [6.07, 6.45) is 0. The highest BCUT2D eigenvalue weighted by Gasteiger charge is 2.11. The molecule has 0 spiro atoms. The van der Waals surface area contributed by atoms with Crippen LogP contribution in [0.1, 0.15) is 25.3 Å². The lowest BCUT2D eigenvalue weighted by Crippen LogP contribution is -2.27. The van der Waals surface area contributed by atoms with Gasteiger partial charge in [0.25, 0.3) is 0 Å². The van der Waals surface area contributed by atoms with E-state index in [1.54, 1.807) is 0 Å². The van der Waals surface area contributed by atoms with Crippen molar-refractivity contribution in [3.05, 3.63) is 35.7 Å². The second-order valence-electron chi connectivity index (χ2n) is 4.77. The summed E-state index contributed by atoms with van der Waals surface area (Å²) in [6.45, 7) is 7.00. The van der Waals surface area contributed by atoms with Gasteiger partial charge in [-0.2, -0.15) is 16.7 Å². The van der Waals surface area contributed by atoms with Crippen LogP contribution in [-0.2, 0) is 6.54 Å². The van der Waals surface area contributed by atoms with Gasteiger partial charge in [0.15, 0.2) is 0 Å². The third-order valence-electron chi connectivity index (χ3n) is 3.03. The lowest BCUT2D eigenvalue weighted by molar-refractivity contribution is 0.362. The summed E-state index contributed by atoms with van der Waals surface area (Å²) >= 11 is 1.93. The second kappa shape index (κ2) is 7.45. The van der Waals surface area contributed by atoms with Crippen LogP contribution in [0.15, 0.2) is 28.8 Å². The molecule has 0 saturated heterocycles. The molecule has 1 heterocycles. The molecule has 2 aromatic rings. The highest BCUT2D eigenvalue weighted by molar-refractivity contribution is 7.99. The topological polar surface area (TPSA) is 51.0 Å². The number of benzene rings is 1. The summed E-state index contributed by atoms with van der Waals surface area (Å²) in [7, 11) is 0. The zero-order valence-corrected chi connectivity index (χ0v) is 13.0. The predicted octanol–water partition coefficient (Wildman–Crippen LogP) is 3.28. The first kappa shape index (κ1) is 15.1. The number of thioether (sulfide) groups is 1. The molecule has 0 aliphatic rings. The highest BCUT2D eigenvalue weighted by atomic mass is 32.2. The molecule has 0 bridgehead atoms. The van der Waals surface area contributed by atoms with E-state index in [0.29, 0.717) is 24.3 Å². The number of aryl methyl sites for hydroxylation is 1. The Hall–Kier alpha value is -1.33. The number of hydrogen-bond acceptors (Lipinski definition) is 5. The summed E-state index contributed by atoms with van der Waals surface area (Å²) in [5, 5.41) is 7.45. The van der Waals surface area contributed by atoms with E-state index in [0.717, 1.165) is 22.6 Å². The second-order valence-corrected chi connectivity index (χ2v) is 6.09. The van der Waals surface area contributed by atoms with Crippen LogP contribution >= 0.6 is 11.8 Å². The van der Waals surface area contributed by atoms with E-state index < -0.39 is 0 Å². The molecule has 0 amide bonds. The largest absolute Gasteiger partial charge is 0.338 e. The summed E-state index contributed by atoms with van der Waals surface area (Å²) in [5.41, 5.74) is 2.18. The Morgan fingerprint density at radius 3 is 2.90 bits per heavy atom. The Morgan fingerprint density at radius 1 is 1.35 bits per heavy atom. The zero-order valence-electron chi connectivity index (χ0n) is 12.2. The van der Waals surface area contributed by atoms with Crippen molar-refractivity contribution in [2.45, 2.75) is 33.4 Å². The van der Waals surface area contributed by atoms with Gasteiger partial charge in [-0.15, -0.1) is 0 Å². The third-order valence-corrected chi connectivity index (χ3v) is 4.17. The van der Waals surface area contributed by atoms with Crippen LogP contribution in [0.25, 0.3) is 11.4 Å². The minimum atomic E-state index is 0.439. The van der Waals surface area contributed by atoms with Crippen LogP contribution in [0.4, 0.5) is 0 Å². The molecule has 2 rings (SSSR count). The van der Waals surface area contributed by atoms with Gasteiger partial charge >= 0.3 is 0 Å². The van der Waals surface area contributed by atoms with Crippen molar-refractivity contribution in [2.75, 3.05) is 11.5 Å². The van der Waals surface area contributed by atoms with Crippen molar-refractivity contribution >= 4 is 11.8 Å². The predicted molar refractivity (Wildman–Crippen MR) is 83.8 cm³/mol. The van der Waals surface area contributed by atoms with Gasteiger partial charge in [0.2, 0.25) is 11.7 Å². The lowest BCUT2D eigenvalue weighted by Gasteiger charge is -2.10. The number of nitrogens with one attached hydrogen (secondary N) is 1. The number of aromatic nitrogens is 2. The Balaban J connectivity index is 1.94. The molecule has 108 valence electrons. The molecule has 4 nitrogen and oxygen atoms in total. The van der Waals surface area contributed by atoms with E-state index in [1.807, 2.05) is 43.0 Å². The zero-order chi connectivity index (χ0) is 14.4. The SMILES string of the molecule is CCSC[C@@H](C)NCc1nc(-c2ccccc2C)no1. The molecule has 0 unspecified atom stereocenters. The molecule has 0 fully saturated rings. The van der Waals surface area contributed by atoms with Gasteiger partial charge in [-0.3, -0.25) is 0 Å². The highest BCUT2D eigenvalue weighted by Crippen LogP contribution is 2.19. The van der Waals surface area contributed by atoms with Crippen LogP contribution in [0, 0.1) is 6.92 Å². The van der Waals surface area contributed by atoms with Crippen molar-refractivity contribution in [3.63, 3.8) is 0 Å². The van der Waals surface area contributed by atoms with Crippen LogP contribution in [0.5, 0.6) is 0 Å². The normalized spacial score (nSPS) is 12.6. The summed E-state index contributed by atoms with van der Waals surface area (Å²) < 4.78 is 5.30. The molecule has 0 saturated carbocycles. The molecular weight excluding hydrogens is 270 g/mol. The van der Waals surface area contributed by atoms with Crippen molar-refractivity contribution in [2.24, 2.45) is 0 Å². The van der Waals surface area contributed by atoms with Gasteiger partial charge in [-0.05, 0) is 25.2 Å². The van der Waals surface area contributed by atoms with E-state index in [1.165, 1.54) is 0 Å². The summed E-state index contributed by atoms with van der Waals surface area (Å²) in [5.74, 6) is 3.53. The van der Waals surface area contributed by atoms with Gasteiger partial charge in [0.1, 0.15) is 0 Å². The smallest absolute Gasteiger partial charge is 0.240 e. The first-order chi connectivity index (χ1) is 9.70. The van der Waals surface area contributed by atoms with E-state index >= 15 is 0 Å². The Morgan fingerprint density at radius 2 is 2.15 bits per heavy atom. The van der Waals surface area contributed by atoms with Crippen LogP contribution < -0.4 is 5.32 Å². The molecule has 0 radical (unpaired) electrons. The molecule has 0 aliphatic heterocycles. The molecule has 20 heavy (non-hydrogen) atoms. The molecule has 5 heteroatoms. The Labute approximate surface area is 124 Å². The van der Waals surface area contributed by atoms with Crippen molar-refractivity contribution in [3.8, 4) is 11.4 Å². The van der Waals surface area contributed by atoms with Crippen LogP contribution in [0.2, 0.25) is 0 Å². The monoisotopic (exact) mass is 291 g/mol. The minimum absolute atomic E-state index is 0.439. The van der Waals surface area contributed by atoms with E-state index in [-0.39, 0.29) is 0 Å². The molecule has 1 atom stereocenters. The lowest BCUT2D eigenvalue weighted by atomic mass is 10.1. The van der Waals surface area contributed by atoms with Crippen molar-refractivity contribution < 1.29 is 4.52 Å². The molecular formula is C15H21N3OS. The molecule has 1 N–H and O–H groups in total. The number of rotatable bonds is 7. The maximum absolute atomic E-state index is 5.30. The number of hydrogen-bond donors (Lipinski definition) is 1.